The van der Waals surface area contributed by atoms with Gasteiger partial charge in [0.05, 0.1) is 6.20 Å². The minimum Gasteiger partial charge on any atom is -0.345 e. The molecule has 2 rings (SSSR count). The highest BCUT2D eigenvalue weighted by Gasteiger charge is 2.39. The molecule has 0 bridgehead atoms. The number of halogens is 1. The topological polar surface area (TPSA) is 42.0 Å². The van der Waals surface area contributed by atoms with Gasteiger partial charge in [0, 0.05) is 5.54 Å². The first-order chi connectivity index (χ1) is 6.09. The van der Waals surface area contributed by atoms with Crippen molar-refractivity contribution in [3.63, 3.8) is 0 Å². The molecule has 13 heavy (non-hydrogen) atoms. The van der Waals surface area contributed by atoms with Crippen molar-refractivity contribution >= 4 is 28.8 Å². The smallest absolute Gasteiger partial charge is 0.280 e. The van der Waals surface area contributed by atoms with Crippen LogP contribution in [-0.2, 0) is 0 Å². The third kappa shape index (κ3) is 2.00. The highest BCUT2D eigenvalue weighted by atomic mass is 35.5. The van der Waals surface area contributed by atoms with E-state index in [1.165, 1.54) is 17.5 Å². The molecule has 0 radical (unpaired) electrons. The number of amides is 1. The molecule has 5 heteroatoms. The molecule has 70 valence electrons. The Morgan fingerprint density at radius 3 is 2.92 bits per heavy atom. The first kappa shape index (κ1) is 8.97. The predicted molar refractivity (Wildman–Crippen MR) is 52.2 cm³/mol. The van der Waals surface area contributed by atoms with Gasteiger partial charge >= 0.3 is 0 Å². The number of rotatable bonds is 2. The summed E-state index contributed by atoms with van der Waals surface area (Å²) >= 11 is 6.87. The fourth-order valence-corrected chi connectivity index (χ4v) is 1.81. The largest absolute Gasteiger partial charge is 0.345 e. The lowest BCUT2D eigenvalue weighted by Gasteiger charge is -2.08. The number of hydrogen-bond acceptors (Lipinski definition) is 3. The van der Waals surface area contributed by atoms with Crippen LogP contribution in [0.15, 0.2) is 6.20 Å². The summed E-state index contributed by atoms with van der Waals surface area (Å²) in [6.07, 6.45) is 3.60. The van der Waals surface area contributed by atoms with E-state index < -0.39 is 0 Å². The molecule has 1 fully saturated rings. The second-order valence-electron chi connectivity index (χ2n) is 3.48. The van der Waals surface area contributed by atoms with Gasteiger partial charge in [-0.25, -0.2) is 4.98 Å². The number of nitrogens with zero attached hydrogens (tertiary/aromatic N) is 1. The minimum atomic E-state index is -0.114. The lowest BCUT2D eigenvalue weighted by Crippen LogP contribution is -2.34. The maximum atomic E-state index is 11.5. The van der Waals surface area contributed by atoms with Crippen molar-refractivity contribution in [2.24, 2.45) is 0 Å². The first-order valence-electron chi connectivity index (χ1n) is 4.03. The van der Waals surface area contributed by atoms with Gasteiger partial charge in [0.15, 0.2) is 5.01 Å². The Balaban J connectivity index is 2.05. The first-order valence-corrected chi connectivity index (χ1v) is 5.22. The van der Waals surface area contributed by atoms with E-state index in [1.54, 1.807) is 0 Å². The number of hydrogen-bond donors (Lipinski definition) is 1. The van der Waals surface area contributed by atoms with Crippen LogP contribution in [0.4, 0.5) is 0 Å². The average molecular weight is 217 g/mol. The summed E-state index contributed by atoms with van der Waals surface area (Å²) in [5.74, 6) is -0.114. The monoisotopic (exact) mass is 216 g/mol. The molecular formula is C8H9ClN2OS. The Kier molecular flexibility index (Phi) is 2.04. The summed E-state index contributed by atoms with van der Waals surface area (Å²) in [6.45, 7) is 2.03. The van der Waals surface area contributed by atoms with Crippen molar-refractivity contribution in [1.82, 2.24) is 10.3 Å². The van der Waals surface area contributed by atoms with Gasteiger partial charge in [0.2, 0.25) is 0 Å². The van der Waals surface area contributed by atoms with Gasteiger partial charge in [0.25, 0.3) is 5.91 Å². The molecule has 1 aromatic rings. The van der Waals surface area contributed by atoms with E-state index >= 15 is 0 Å². The normalized spacial score (nSPS) is 18.3. The van der Waals surface area contributed by atoms with Crippen LogP contribution in [0.5, 0.6) is 0 Å². The standard InChI is InChI=1S/C8H9ClN2OS/c1-8(2-3-8)11-6(12)7-10-4-5(9)13-7/h4H,2-3H2,1H3,(H,11,12). The number of aromatic nitrogens is 1. The number of nitrogens with one attached hydrogen (secondary N) is 1. The predicted octanol–water partition coefficient (Wildman–Crippen LogP) is 2.08. The molecule has 1 N–H and O–H groups in total. The van der Waals surface area contributed by atoms with Gasteiger partial charge in [-0.1, -0.05) is 22.9 Å². The van der Waals surface area contributed by atoms with Gasteiger partial charge in [-0.3, -0.25) is 4.79 Å². The van der Waals surface area contributed by atoms with Gasteiger partial charge in [-0.2, -0.15) is 0 Å². The van der Waals surface area contributed by atoms with Crippen molar-refractivity contribution in [2.45, 2.75) is 25.3 Å². The molecule has 1 aliphatic rings. The van der Waals surface area contributed by atoms with Crippen LogP contribution >= 0.6 is 22.9 Å². The Labute approximate surface area is 85.1 Å². The molecule has 3 nitrogen and oxygen atoms in total. The third-order valence-electron chi connectivity index (χ3n) is 2.09. The van der Waals surface area contributed by atoms with Crippen LogP contribution in [-0.4, -0.2) is 16.4 Å². The van der Waals surface area contributed by atoms with Crippen LogP contribution in [0, 0.1) is 0 Å². The fourth-order valence-electron chi connectivity index (χ4n) is 0.999. The Bertz CT molecular complexity index is 346. The second kappa shape index (κ2) is 2.96. The van der Waals surface area contributed by atoms with Crippen molar-refractivity contribution in [1.29, 1.82) is 0 Å². The molecule has 1 saturated carbocycles. The van der Waals surface area contributed by atoms with Gasteiger partial charge in [-0.05, 0) is 19.8 Å². The number of carbonyl (C=O) groups excluding carboxylic acids is 1. The van der Waals surface area contributed by atoms with E-state index in [2.05, 4.69) is 10.3 Å². The van der Waals surface area contributed by atoms with Crippen LogP contribution in [0.2, 0.25) is 4.34 Å². The molecule has 1 amide bonds. The fraction of sp³-hybridized carbons (Fsp3) is 0.500. The SMILES string of the molecule is CC1(NC(=O)c2ncc(Cl)s2)CC1. The zero-order chi connectivity index (χ0) is 9.47. The van der Waals surface area contributed by atoms with E-state index in [0.717, 1.165) is 12.8 Å². The molecular weight excluding hydrogens is 208 g/mol. The van der Waals surface area contributed by atoms with Gasteiger partial charge in [-0.15, -0.1) is 0 Å². The molecule has 1 aliphatic carbocycles. The molecule has 0 unspecified atom stereocenters. The summed E-state index contributed by atoms with van der Waals surface area (Å²) < 4.78 is 0.547. The average Bonchev–Trinajstić information content (AvgIpc) is 2.62. The van der Waals surface area contributed by atoms with Crippen molar-refractivity contribution in [2.75, 3.05) is 0 Å². The van der Waals surface area contributed by atoms with Crippen LogP contribution in [0.25, 0.3) is 0 Å². The lowest BCUT2D eigenvalue weighted by atomic mass is 10.3. The highest BCUT2D eigenvalue weighted by Crippen LogP contribution is 2.34. The zero-order valence-electron chi connectivity index (χ0n) is 7.13. The lowest BCUT2D eigenvalue weighted by molar-refractivity contribution is 0.0935. The molecule has 1 aromatic heterocycles. The summed E-state index contributed by atoms with van der Waals surface area (Å²) in [7, 11) is 0. The maximum absolute atomic E-state index is 11.5. The minimum absolute atomic E-state index is 0.00916. The summed E-state index contributed by atoms with van der Waals surface area (Å²) in [5.41, 5.74) is 0.00916. The summed E-state index contributed by atoms with van der Waals surface area (Å²) in [6, 6.07) is 0. The van der Waals surface area contributed by atoms with E-state index in [4.69, 9.17) is 11.6 Å². The Morgan fingerprint density at radius 1 is 1.77 bits per heavy atom. The molecule has 0 saturated heterocycles. The summed E-state index contributed by atoms with van der Waals surface area (Å²) in [5, 5.41) is 3.35. The number of thiazole rings is 1. The summed E-state index contributed by atoms with van der Waals surface area (Å²) in [4.78, 5) is 15.4. The van der Waals surface area contributed by atoms with Crippen LogP contribution in [0.3, 0.4) is 0 Å². The zero-order valence-corrected chi connectivity index (χ0v) is 8.71. The van der Waals surface area contributed by atoms with E-state index in [1.807, 2.05) is 6.92 Å². The van der Waals surface area contributed by atoms with E-state index in [9.17, 15) is 4.79 Å². The second-order valence-corrected chi connectivity index (χ2v) is 5.15. The molecule has 0 spiro atoms. The third-order valence-corrected chi connectivity index (χ3v) is 3.20. The van der Waals surface area contributed by atoms with Crippen LogP contribution in [0.1, 0.15) is 29.6 Å². The van der Waals surface area contributed by atoms with Crippen molar-refractivity contribution in [3.05, 3.63) is 15.5 Å². The highest BCUT2D eigenvalue weighted by molar-refractivity contribution is 7.17. The molecule has 0 aliphatic heterocycles. The maximum Gasteiger partial charge on any atom is 0.280 e. The van der Waals surface area contributed by atoms with Gasteiger partial charge < -0.3 is 5.32 Å². The van der Waals surface area contributed by atoms with Gasteiger partial charge in [0.1, 0.15) is 4.34 Å². The van der Waals surface area contributed by atoms with E-state index in [0.29, 0.717) is 9.34 Å². The van der Waals surface area contributed by atoms with E-state index in [-0.39, 0.29) is 11.4 Å². The van der Waals surface area contributed by atoms with Crippen molar-refractivity contribution in [3.8, 4) is 0 Å². The Hall–Kier alpha value is -0.610. The molecule has 1 heterocycles. The Morgan fingerprint density at radius 2 is 2.46 bits per heavy atom. The molecule has 0 atom stereocenters. The quantitative estimate of drug-likeness (QED) is 0.823. The van der Waals surface area contributed by atoms with Crippen LogP contribution < -0.4 is 5.32 Å². The van der Waals surface area contributed by atoms with Crippen molar-refractivity contribution < 1.29 is 4.79 Å². The molecule has 0 aromatic carbocycles. The number of carbonyl (C=O) groups is 1.